The molecule has 1 aromatic carbocycles. The van der Waals surface area contributed by atoms with Crippen molar-refractivity contribution in [2.45, 2.75) is 52.0 Å². The van der Waals surface area contributed by atoms with E-state index in [-0.39, 0.29) is 11.0 Å². The number of carbonyl (C=O) groups excluding carboxylic acids is 1. The van der Waals surface area contributed by atoms with E-state index in [2.05, 4.69) is 30.7 Å². The lowest BCUT2D eigenvalue weighted by atomic mass is 9.74. The number of nitrogens with one attached hydrogen (secondary N) is 1. The number of rotatable bonds is 3. The van der Waals surface area contributed by atoms with Gasteiger partial charge in [0.25, 0.3) is 5.91 Å². The van der Waals surface area contributed by atoms with E-state index in [1.807, 2.05) is 6.92 Å². The second-order valence-electron chi connectivity index (χ2n) is 8.25. The Labute approximate surface area is 157 Å². The smallest absolute Gasteiger partial charge is 0.251 e. The first-order valence-electron chi connectivity index (χ1n) is 9.46. The van der Waals surface area contributed by atoms with Crippen LogP contribution in [0.25, 0.3) is 16.7 Å². The molecule has 1 saturated heterocycles. The van der Waals surface area contributed by atoms with Gasteiger partial charge in [-0.3, -0.25) is 4.79 Å². The van der Waals surface area contributed by atoms with E-state index < -0.39 is 11.7 Å². The summed E-state index contributed by atoms with van der Waals surface area (Å²) in [4.78, 5) is 17.6. The van der Waals surface area contributed by atoms with Gasteiger partial charge in [-0.2, -0.15) is 5.10 Å². The van der Waals surface area contributed by atoms with E-state index in [1.165, 1.54) is 12.1 Å². The number of nitrogens with zero attached hydrogens (tertiary/aromatic N) is 3. The molecule has 1 amide bonds. The summed E-state index contributed by atoms with van der Waals surface area (Å²) < 4.78 is 15.7. The predicted molar refractivity (Wildman–Crippen MR) is 104 cm³/mol. The lowest BCUT2D eigenvalue weighted by Crippen LogP contribution is -2.44. The highest BCUT2D eigenvalue weighted by Crippen LogP contribution is 2.40. The Morgan fingerprint density at radius 3 is 2.59 bits per heavy atom. The minimum atomic E-state index is -0.661. The van der Waals surface area contributed by atoms with Gasteiger partial charge in [0.1, 0.15) is 17.0 Å². The Morgan fingerprint density at radius 2 is 2.00 bits per heavy atom. The topological polar surface area (TPSA) is 79.4 Å². The number of nitrogens with two attached hydrogens (primary N) is 1. The Balaban J connectivity index is 1.89. The van der Waals surface area contributed by atoms with Crippen molar-refractivity contribution in [1.29, 1.82) is 0 Å². The molecule has 7 heteroatoms. The van der Waals surface area contributed by atoms with Crippen molar-refractivity contribution in [1.82, 2.24) is 19.5 Å². The van der Waals surface area contributed by atoms with E-state index in [1.54, 1.807) is 4.52 Å². The maximum Gasteiger partial charge on any atom is 0.251 e. The highest BCUT2D eigenvalue weighted by molar-refractivity contribution is 6.05. The van der Waals surface area contributed by atoms with E-state index in [4.69, 9.17) is 10.8 Å². The minimum absolute atomic E-state index is 0.0243. The number of halogens is 1. The molecule has 1 fully saturated rings. The average Bonchev–Trinajstić information content (AvgIpc) is 3.08. The molecule has 0 radical (unpaired) electrons. The molecule has 0 spiro atoms. The molecular formula is C20H26FN5O. The number of aromatic amines is 1. The minimum Gasteiger partial charge on any atom is -0.366 e. The fraction of sp³-hybridized carbons (Fsp3) is 0.500. The third-order valence-corrected chi connectivity index (χ3v) is 6.10. The van der Waals surface area contributed by atoms with Crippen LogP contribution in [-0.2, 0) is 5.41 Å². The normalized spacial score (nSPS) is 18.0. The number of aromatic nitrogens is 3. The number of hydrogen-bond acceptors (Lipinski definition) is 3. The van der Waals surface area contributed by atoms with Crippen molar-refractivity contribution in [2.75, 3.05) is 13.1 Å². The van der Waals surface area contributed by atoms with Crippen LogP contribution in [0.3, 0.4) is 0 Å². The fourth-order valence-electron chi connectivity index (χ4n) is 4.55. The lowest BCUT2D eigenvalue weighted by molar-refractivity contribution is 0.100. The van der Waals surface area contributed by atoms with E-state index in [9.17, 15) is 9.18 Å². The summed E-state index contributed by atoms with van der Waals surface area (Å²) in [5.41, 5.74) is 9.60. The van der Waals surface area contributed by atoms with Crippen molar-refractivity contribution >= 4 is 22.6 Å². The lowest BCUT2D eigenvalue weighted by Gasteiger charge is -2.41. The SMILES string of the molecule is Cc1nn2c([nH]c3cc(F)cc(C(N)=O)c32)c1C1(C)CCN(C(C)C)CC1. The fourth-order valence-corrected chi connectivity index (χ4v) is 4.55. The number of likely N-dealkylation sites (tertiary alicyclic amines) is 1. The maximum absolute atomic E-state index is 14.0. The number of fused-ring (bicyclic) bond motifs is 3. The zero-order valence-corrected chi connectivity index (χ0v) is 16.3. The number of aryl methyl sites for hydroxylation is 1. The number of hydrogen-bond donors (Lipinski definition) is 2. The number of imidazole rings is 1. The van der Waals surface area contributed by atoms with Crippen LogP contribution in [0.15, 0.2) is 12.1 Å². The number of primary amides is 1. The second kappa shape index (κ2) is 6.05. The first-order valence-corrected chi connectivity index (χ1v) is 9.46. The van der Waals surface area contributed by atoms with Gasteiger partial charge < -0.3 is 15.6 Å². The summed E-state index contributed by atoms with van der Waals surface area (Å²) in [7, 11) is 0. The Morgan fingerprint density at radius 1 is 1.33 bits per heavy atom. The average molecular weight is 371 g/mol. The molecule has 0 bridgehead atoms. The Bertz CT molecular complexity index is 1040. The van der Waals surface area contributed by atoms with Crippen molar-refractivity contribution in [3.05, 3.63) is 34.8 Å². The van der Waals surface area contributed by atoms with Crippen LogP contribution < -0.4 is 5.73 Å². The largest absolute Gasteiger partial charge is 0.366 e. The summed E-state index contributed by atoms with van der Waals surface area (Å²) in [6.07, 6.45) is 2.06. The number of benzene rings is 1. The molecule has 1 aliphatic heterocycles. The van der Waals surface area contributed by atoms with E-state index in [0.29, 0.717) is 17.1 Å². The molecule has 6 nitrogen and oxygen atoms in total. The monoisotopic (exact) mass is 371 g/mol. The van der Waals surface area contributed by atoms with Gasteiger partial charge in [-0.1, -0.05) is 6.92 Å². The molecule has 27 heavy (non-hydrogen) atoms. The summed E-state index contributed by atoms with van der Waals surface area (Å²) in [5, 5.41) is 4.69. The molecule has 3 heterocycles. The van der Waals surface area contributed by atoms with Gasteiger partial charge in [0.15, 0.2) is 0 Å². The van der Waals surface area contributed by atoms with Crippen LogP contribution in [0, 0.1) is 12.7 Å². The van der Waals surface area contributed by atoms with Crippen LogP contribution in [0.4, 0.5) is 4.39 Å². The molecule has 0 unspecified atom stereocenters. The molecule has 3 N–H and O–H groups in total. The summed E-state index contributed by atoms with van der Waals surface area (Å²) >= 11 is 0. The molecule has 144 valence electrons. The summed E-state index contributed by atoms with van der Waals surface area (Å²) in [6.45, 7) is 10.8. The molecular weight excluding hydrogens is 345 g/mol. The molecule has 1 aliphatic rings. The number of H-pyrrole nitrogens is 1. The Hall–Kier alpha value is -2.41. The van der Waals surface area contributed by atoms with Crippen LogP contribution in [-0.4, -0.2) is 44.5 Å². The van der Waals surface area contributed by atoms with Gasteiger partial charge in [-0.15, -0.1) is 0 Å². The molecule has 3 aromatic rings. The van der Waals surface area contributed by atoms with E-state index >= 15 is 0 Å². The first-order chi connectivity index (χ1) is 12.7. The third kappa shape index (κ3) is 2.72. The van der Waals surface area contributed by atoms with Gasteiger partial charge in [0.2, 0.25) is 0 Å². The quantitative estimate of drug-likeness (QED) is 0.742. The van der Waals surface area contributed by atoms with Crippen molar-refractivity contribution in [2.24, 2.45) is 5.73 Å². The Kier molecular flexibility index (Phi) is 4.03. The van der Waals surface area contributed by atoms with Gasteiger partial charge in [0.05, 0.1) is 16.8 Å². The molecule has 0 atom stereocenters. The van der Waals surface area contributed by atoms with Gasteiger partial charge in [-0.05, 0) is 58.8 Å². The van der Waals surface area contributed by atoms with Gasteiger partial charge >= 0.3 is 0 Å². The number of piperidine rings is 1. The molecule has 0 saturated carbocycles. The standard InChI is InChI=1S/C20H26FN5O/c1-11(2)25-7-5-20(4,6-8-25)16-12(3)24-26-17-14(18(22)27)9-13(21)10-15(17)23-19(16)26/h9-11,23H,5-8H2,1-4H3,(H2,22,27). The zero-order chi connectivity index (χ0) is 19.5. The van der Waals surface area contributed by atoms with Gasteiger partial charge in [-0.25, -0.2) is 8.91 Å². The van der Waals surface area contributed by atoms with Crippen LogP contribution >= 0.6 is 0 Å². The number of amides is 1. The molecule has 0 aliphatic carbocycles. The van der Waals surface area contributed by atoms with Crippen LogP contribution in [0.1, 0.15) is 55.2 Å². The van der Waals surface area contributed by atoms with E-state index in [0.717, 1.165) is 42.8 Å². The first kappa shape index (κ1) is 18.0. The molecule has 4 rings (SSSR count). The van der Waals surface area contributed by atoms with Crippen LogP contribution in [0.5, 0.6) is 0 Å². The summed E-state index contributed by atoms with van der Waals surface area (Å²) in [6, 6.07) is 3.11. The third-order valence-electron chi connectivity index (χ3n) is 6.10. The number of carbonyl (C=O) groups is 1. The maximum atomic E-state index is 14.0. The summed E-state index contributed by atoms with van der Waals surface area (Å²) in [5.74, 6) is -1.15. The highest BCUT2D eigenvalue weighted by Gasteiger charge is 2.37. The zero-order valence-electron chi connectivity index (χ0n) is 16.3. The molecule has 2 aromatic heterocycles. The van der Waals surface area contributed by atoms with Crippen molar-refractivity contribution in [3.63, 3.8) is 0 Å². The second-order valence-corrected chi connectivity index (χ2v) is 8.25. The highest BCUT2D eigenvalue weighted by atomic mass is 19.1. The van der Waals surface area contributed by atoms with Gasteiger partial charge in [0, 0.05) is 17.0 Å². The predicted octanol–water partition coefficient (Wildman–Crippen LogP) is 3.12. The van der Waals surface area contributed by atoms with Crippen LogP contribution in [0.2, 0.25) is 0 Å². The van der Waals surface area contributed by atoms with Crippen molar-refractivity contribution < 1.29 is 9.18 Å². The van der Waals surface area contributed by atoms with Crippen molar-refractivity contribution in [3.8, 4) is 0 Å².